The van der Waals surface area contributed by atoms with Crippen LogP contribution in [0.1, 0.15) is 77.7 Å². The van der Waals surface area contributed by atoms with Crippen molar-refractivity contribution in [3.63, 3.8) is 0 Å². The second-order valence-corrected chi connectivity index (χ2v) is 11.8. The third kappa shape index (κ3) is 4.19. The first-order valence-corrected chi connectivity index (χ1v) is 13.2. The van der Waals surface area contributed by atoms with Gasteiger partial charge in [-0.25, -0.2) is 8.78 Å². The van der Waals surface area contributed by atoms with E-state index in [9.17, 15) is 18.4 Å². The molecule has 7 atom stereocenters. The molecule has 0 N–H and O–H groups in total. The number of benzene rings is 1. The van der Waals surface area contributed by atoms with E-state index in [0.717, 1.165) is 57.4 Å². The second kappa shape index (κ2) is 8.97. The molecule has 3 fully saturated rings. The molecule has 0 bridgehead atoms. The van der Waals surface area contributed by atoms with Gasteiger partial charge in [0.2, 0.25) is 0 Å². The van der Waals surface area contributed by atoms with Crippen LogP contribution in [0.4, 0.5) is 8.78 Å². The van der Waals surface area contributed by atoms with Crippen LogP contribution in [0.2, 0.25) is 0 Å². The number of allylic oxidation sites excluding steroid dienone is 2. The number of fused-ring (bicyclic) bond motifs is 5. The van der Waals surface area contributed by atoms with Crippen molar-refractivity contribution in [2.75, 3.05) is 0 Å². The highest BCUT2D eigenvalue weighted by Crippen LogP contribution is 2.66. The molecular formula is C30H36F2O3. The quantitative estimate of drug-likeness (QED) is 0.262. The number of hydrogen-bond donors (Lipinski definition) is 0. The van der Waals surface area contributed by atoms with Crippen molar-refractivity contribution in [2.45, 2.75) is 78.2 Å². The van der Waals surface area contributed by atoms with Gasteiger partial charge >= 0.3 is 5.97 Å². The lowest BCUT2D eigenvalue weighted by molar-refractivity contribution is -0.149. The molecule has 0 spiro atoms. The summed E-state index contributed by atoms with van der Waals surface area (Å²) in [5, 5.41) is 0. The minimum absolute atomic E-state index is 0.00319. The number of carbonyl (C=O) groups excluding carboxylic acids is 2. The number of rotatable bonds is 4. The van der Waals surface area contributed by atoms with E-state index in [1.165, 1.54) is 36.8 Å². The molecule has 188 valence electrons. The lowest BCUT2D eigenvalue weighted by Gasteiger charge is -2.58. The Morgan fingerprint density at radius 2 is 1.86 bits per heavy atom. The van der Waals surface area contributed by atoms with Gasteiger partial charge in [0.25, 0.3) is 0 Å². The van der Waals surface area contributed by atoms with Crippen LogP contribution in [0.5, 0.6) is 0 Å². The van der Waals surface area contributed by atoms with Crippen LogP contribution in [0.15, 0.2) is 35.9 Å². The van der Waals surface area contributed by atoms with Gasteiger partial charge in [0.15, 0.2) is 5.78 Å². The molecule has 3 saturated carbocycles. The normalized spacial score (nSPS) is 38.3. The third-order valence-corrected chi connectivity index (χ3v) is 10.1. The Morgan fingerprint density at radius 1 is 1.06 bits per heavy atom. The van der Waals surface area contributed by atoms with Crippen molar-refractivity contribution < 1.29 is 23.1 Å². The highest BCUT2D eigenvalue weighted by atomic mass is 19.1. The monoisotopic (exact) mass is 482 g/mol. The predicted molar refractivity (Wildman–Crippen MR) is 131 cm³/mol. The van der Waals surface area contributed by atoms with E-state index in [4.69, 9.17) is 4.74 Å². The maximum absolute atomic E-state index is 14.0. The van der Waals surface area contributed by atoms with Crippen LogP contribution in [0.25, 0.3) is 6.08 Å². The summed E-state index contributed by atoms with van der Waals surface area (Å²) in [6, 6.07) is 3.44. The zero-order valence-electron chi connectivity index (χ0n) is 21.0. The molecule has 1 aromatic rings. The summed E-state index contributed by atoms with van der Waals surface area (Å²) in [7, 11) is 0. The molecule has 3 nitrogen and oxygen atoms in total. The first kappa shape index (κ1) is 24.4. The predicted octanol–water partition coefficient (Wildman–Crippen LogP) is 7.06. The number of carbonyl (C=O) groups is 2. The molecule has 0 unspecified atom stereocenters. The molecule has 0 aromatic heterocycles. The molecule has 35 heavy (non-hydrogen) atoms. The fourth-order valence-electron chi connectivity index (χ4n) is 8.35. The summed E-state index contributed by atoms with van der Waals surface area (Å²) in [6.45, 7) is 6.21. The van der Waals surface area contributed by atoms with E-state index in [2.05, 4.69) is 19.9 Å². The van der Waals surface area contributed by atoms with Crippen molar-refractivity contribution >= 4 is 17.8 Å². The molecule has 0 radical (unpaired) electrons. The summed E-state index contributed by atoms with van der Waals surface area (Å²) >= 11 is 0. The van der Waals surface area contributed by atoms with Crippen LogP contribution >= 0.6 is 0 Å². The Hall–Kier alpha value is -2.30. The van der Waals surface area contributed by atoms with Gasteiger partial charge in [-0.15, -0.1) is 0 Å². The van der Waals surface area contributed by atoms with Crippen LogP contribution in [0, 0.1) is 46.1 Å². The number of ether oxygens (including phenoxy) is 1. The molecule has 4 aliphatic carbocycles. The highest BCUT2D eigenvalue weighted by molar-refractivity contribution is 5.96. The lowest BCUT2D eigenvalue weighted by atomic mass is 9.47. The Morgan fingerprint density at radius 3 is 2.60 bits per heavy atom. The maximum atomic E-state index is 14.0. The van der Waals surface area contributed by atoms with Gasteiger partial charge < -0.3 is 4.74 Å². The number of halogens is 2. The Balaban J connectivity index is 1.33. The standard InChI is InChI=1S/C30H36F2O3/c1-18(33)35-22-12-14-29(2)20(16-22)6-8-23-24-9-10-26(30(24,3)15-13-25(23)29)28(34)11-5-19-4-7-21(31)17-27(19)32/h4-7,11,17,22-26H,8-10,12-16H2,1-3H3/b11-5+/t22-,23-,24-,25-,26+,29-,30-/m0/s1. The smallest absolute Gasteiger partial charge is 0.302 e. The SMILES string of the molecule is CC(=O)O[C@H]1CC[C@@]2(C)C(=CC[C@H]3[C@@H]4CC[C@H](C(=O)/C=C/c5ccc(F)cc5F)[C@@]4(C)CC[C@@H]32)C1. The van der Waals surface area contributed by atoms with E-state index in [0.29, 0.717) is 17.8 Å². The molecule has 0 heterocycles. The average molecular weight is 483 g/mol. The van der Waals surface area contributed by atoms with Crippen molar-refractivity contribution in [2.24, 2.45) is 34.5 Å². The molecule has 5 heteroatoms. The first-order chi connectivity index (χ1) is 16.6. The van der Waals surface area contributed by atoms with Gasteiger partial charge in [-0.05, 0) is 97.8 Å². The Kier molecular flexibility index (Phi) is 6.26. The van der Waals surface area contributed by atoms with E-state index in [1.807, 2.05) is 0 Å². The largest absolute Gasteiger partial charge is 0.462 e. The van der Waals surface area contributed by atoms with Crippen molar-refractivity contribution in [1.82, 2.24) is 0 Å². The summed E-state index contributed by atoms with van der Waals surface area (Å²) in [6.07, 6.45) is 13.4. The molecule has 1 aromatic carbocycles. The topological polar surface area (TPSA) is 43.4 Å². The second-order valence-electron chi connectivity index (χ2n) is 11.8. The molecule has 0 amide bonds. The van der Waals surface area contributed by atoms with Crippen molar-refractivity contribution in [3.05, 3.63) is 53.1 Å². The first-order valence-electron chi connectivity index (χ1n) is 13.2. The van der Waals surface area contributed by atoms with Gasteiger partial charge in [0.05, 0.1) is 0 Å². The van der Waals surface area contributed by atoms with E-state index < -0.39 is 11.6 Å². The van der Waals surface area contributed by atoms with Gasteiger partial charge in [-0.2, -0.15) is 0 Å². The molecule has 4 aliphatic rings. The van der Waals surface area contributed by atoms with Crippen LogP contribution in [0.3, 0.4) is 0 Å². The van der Waals surface area contributed by atoms with Crippen LogP contribution < -0.4 is 0 Å². The Labute approximate surface area is 207 Å². The van der Waals surface area contributed by atoms with Gasteiger partial charge in [-0.1, -0.05) is 25.5 Å². The maximum Gasteiger partial charge on any atom is 0.302 e. The highest BCUT2D eigenvalue weighted by Gasteiger charge is 2.59. The van der Waals surface area contributed by atoms with Crippen molar-refractivity contribution in [3.8, 4) is 0 Å². The summed E-state index contributed by atoms with van der Waals surface area (Å²) < 4.78 is 32.8. The zero-order valence-corrected chi connectivity index (χ0v) is 21.0. The summed E-state index contributed by atoms with van der Waals surface area (Å²) in [4.78, 5) is 24.8. The Bertz CT molecular complexity index is 1090. The fraction of sp³-hybridized carbons (Fsp3) is 0.600. The zero-order chi connectivity index (χ0) is 25.0. The number of hydrogen-bond acceptors (Lipinski definition) is 3. The number of esters is 1. The molecule has 5 rings (SSSR count). The molecule has 0 aliphatic heterocycles. The molecular weight excluding hydrogens is 446 g/mol. The van der Waals surface area contributed by atoms with Gasteiger partial charge in [-0.3, -0.25) is 9.59 Å². The lowest BCUT2D eigenvalue weighted by Crippen LogP contribution is -2.51. The van der Waals surface area contributed by atoms with Gasteiger partial charge in [0.1, 0.15) is 17.7 Å². The summed E-state index contributed by atoms with van der Waals surface area (Å²) in [5.41, 5.74) is 1.82. The van der Waals surface area contributed by atoms with Crippen LogP contribution in [-0.2, 0) is 14.3 Å². The third-order valence-electron chi connectivity index (χ3n) is 10.1. The average Bonchev–Trinajstić information content (AvgIpc) is 3.15. The van der Waals surface area contributed by atoms with Crippen LogP contribution in [-0.4, -0.2) is 17.9 Å². The van der Waals surface area contributed by atoms with Crippen molar-refractivity contribution in [1.29, 1.82) is 0 Å². The number of ketones is 1. The van der Waals surface area contributed by atoms with E-state index in [-0.39, 0.29) is 40.2 Å². The minimum Gasteiger partial charge on any atom is -0.462 e. The molecule has 0 saturated heterocycles. The fourth-order valence-corrected chi connectivity index (χ4v) is 8.35. The summed E-state index contributed by atoms with van der Waals surface area (Å²) in [5.74, 6) is 0.244. The van der Waals surface area contributed by atoms with E-state index in [1.54, 1.807) is 0 Å². The minimum atomic E-state index is -0.647. The van der Waals surface area contributed by atoms with Gasteiger partial charge in [0, 0.05) is 30.9 Å². The van der Waals surface area contributed by atoms with E-state index >= 15 is 0 Å².